The lowest BCUT2D eigenvalue weighted by atomic mass is 10.2. The van der Waals surface area contributed by atoms with Gasteiger partial charge in [-0.3, -0.25) is 9.78 Å². The van der Waals surface area contributed by atoms with Crippen LogP contribution in [-0.4, -0.2) is 16.0 Å². The van der Waals surface area contributed by atoms with Crippen molar-refractivity contribution in [2.75, 3.05) is 5.32 Å². The van der Waals surface area contributed by atoms with E-state index in [0.717, 1.165) is 0 Å². The van der Waals surface area contributed by atoms with Gasteiger partial charge >= 0.3 is 0 Å². The summed E-state index contributed by atoms with van der Waals surface area (Å²) in [4.78, 5) is 15.8. The van der Waals surface area contributed by atoms with Crippen molar-refractivity contribution in [1.82, 2.24) is 4.98 Å². The lowest BCUT2D eigenvalue weighted by molar-refractivity contribution is 0.102. The molecule has 2 rings (SSSR count). The Balaban J connectivity index is 2.19. The molecule has 0 aliphatic rings. The fraction of sp³-hybridized carbons (Fsp3) is 0.0769. The number of carbonyl (C=O) groups excluding carboxylic acids is 1. The van der Waals surface area contributed by atoms with Crippen LogP contribution in [0, 0.1) is 0 Å². The third-order valence-corrected chi connectivity index (χ3v) is 2.33. The van der Waals surface area contributed by atoms with Crippen molar-refractivity contribution in [3.8, 4) is 0 Å². The summed E-state index contributed by atoms with van der Waals surface area (Å²) < 4.78 is 0. The number of amides is 1. The molecule has 0 saturated heterocycles. The fourth-order valence-electron chi connectivity index (χ4n) is 1.46. The quantitative estimate of drug-likeness (QED) is 0.842. The van der Waals surface area contributed by atoms with Crippen molar-refractivity contribution >= 4 is 11.6 Å². The Morgan fingerprint density at radius 1 is 1.18 bits per heavy atom. The number of nitrogens with zero attached hydrogens (tertiary/aromatic N) is 1. The summed E-state index contributed by atoms with van der Waals surface area (Å²) in [5.74, 6) is -0.286. The van der Waals surface area contributed by atoms with Gasteiger partial charge in [0.1, 0.15) is 5.69 Å². The van der Waals surface area contributed by atoms with Crippen molar-refractivity contribution < 1.29 is 9.90 Å². The zero-order valence-corrected chi connectivity index (χ0v) is 9.13. The molecule has 0 radical (unpaired) electrons. The van der Waals surface area contributed by atoms with E-state index in [0.29, 0.717) is 16.9 Å². The van der Waals surface area contributed by atoms with Gasteiger partial charge in [-0.2, -0.15) is 0 Å². The lowest BCUT2D eigenvalue weighted by Gasteiger charge is -2.08. The molecule has 0 saturated carbocycles. The SMILES string of the molecule is O=C(Nc1ccccc1CO)c1ccccn1. The smallest absolute Gasteiger partial charge is 0.274 e. The highest BCUT2D eigenvalue weighted by Gasteiger charge is 2.08. The van der Waals surface area contributed by atoms with Gasteiger partial charge in [-0.1, -0.05) is 24.3 Å². The summed E-state index contributed by atoms with van der Waals surface area (Å²) >= 11 is 0. The number of benzene rings is 1. The molecule has 2 aromatic rings. The normalized spacial score (nSPS) is 9.94. The maximum Gasteiger partial charge on any atom is 0.274 e. The van der Waals surface area contributed by atoms with E-state index in [4.69, 9.17) is 5.11 Å². The molecule has 0 aliphatic carbocycles. The van der Waals surface area contributed by atoms with Gasteiger partial charge in [0.15, 0.2) is 0 Å². The number of hydrogen-bond acceptors (Lipinski definition) is 3. The number of aromatic nitrogens is 1. The molecule has 0 bridgehead atoms. The molecular weight excluding hydrogens is 216 g/mol. The zero-order valence-electron chi connectivity index (χ0n) is 9.13. The van der Waals surface area contributed by atoms with E-state index in [2.05, 4.69) is 10.3 Å². The van der Waals surface area contributed by atoms with Crippen molar-refractivity contribution in [2.45, 2.75) is 6.61 Å². The molecule has 0 aliphatic heterocycles. The number of para-hydroxylation sites is 1. The topological polar surface area (TPSA) is 62.2 Å². The first kappa shape index (κ1) is 11.3. The highest BCUT2D eigenvalue weighted by Crippen LogP contribution is 2.15. The minimum Gasteiger partial charge on any atom is -0.392 e. The summed E-state index contributed by atoms with van der Waals surface area (Å²) in [7, 11) is 0. The second-order valence-corrected chi connectivity index (χ2v) is 3.48. The molecule has 4 nitrogen and oxygen atoms in total. The number of aliphatic hydroxyl groups excluding tert-OH is 1. The van der Waals surface area contributed by atoms with Crippen LogP contribution >= 0.6 is 0 Å². The van der Waals surface area contributed by atoms with Gasteiger partial charge in [0.25, 0.3) is 5.91 Å². The molecule has 2 N–H and O–H groups in total. The van der Waals surface area contributed by atoms with Crippen molar-refractivity contribution in [3.63, 3.8) is 0 Å². The van der Waals surface area contributed by atoms with Gasteiger partial charge in [-0.25, -0.2) is 0 Å². The second-order valence-electron chi connectivity index (χ2n) is 3.48. The van der Waals surface area contributed by atoms with E-state index in [1.54, 1.807) is 42.6 Å². The largest absolute Gasteiger partial charge is 0.392 e. The van der Waals surface area contributed by atoms with E-state index < -0.39 is 0 Å². The van der Waals surface area contributed by atoms with Crippen LogP contribution in [0.4, 0.5) is 5.69 Å². The van der Waals surface area contributed by atoms with Crippen LogP contribution in [0.15, 0.2) is 48.7 Å². The Labute approximate surface area is 98.9 Å². The maximum absolute atomic E-state index is 11.8. The highest BCUT2D eigenvalue weighted by molar-refractivity contribution is 6.03. The summed E-state index contributed by atoms with van der Waals surface area (Å²) in [6, 6.07) is 12.2. The average Bonchev–Trinajstić information content (AvgIpc) is 2.40. The maximum atomic E-state index is 11.8. The van der Waals surface area contributed by atoms with Crippen LogP contribution in [-0.2, 0) is 6.61 Å². The van der Waals surface area contributed by atoms with E-state index in [-0.39, 0.29) is 12.5 Å². The van der Waals surface area contributed by atoms with Gasteiger partial charge in [0.2, 0.25) is 0 Å². The fourth-order valence-corrected chi connectivity index (χ4v) is 1.46. The Morgan fingerprint density at radius 2 is 1.94 bits per heavy atom. The van der Waals surface area contributed by atoms with Crippen LogP contribution < -0.4 is 5.32 Å². The molecule has 86 valence electrons. The van der Waals surface area contributed by atoms with Crippen LogP contribution in [0.25, 0.3) is 0 Å². The predicted octanol–water partition coefficient (Wildman–Crippen LogP) is 1.83. The Bertz CT molecular complexity index is 512. The first-order chi connectivity index (χ1) is 8.31. The number of hydrogen-bond donors (Lipinski definition) is 2. The molecular formula is C13H12N2O2. The number of carbonyl (C=O) groups is 1. The predicted molar refractivity (Wildman–Crippen MR) is 64.6 cm³/mol. The first-order valence-corrected chi connectivity index (χ1v) is 5.22. The Hall–Kier alpha value is -2.20. The van der Waals surface area contributed by atoms with Gasteiger partial charge in [-0.05, 0) is 18.2 Å². The summed E-state index contributed by atoms with van der Waals surface area (Å²) in [5.41, 5.74) is 1.63. The van der Waals surface area contributed by atoms with E-state index in [1.165, 1.54) is 0 Å². The molecule has 0 unspecified atom stereocenters. The number of nitrogens with one attached hydrogen (secondary N) is 1. The number of pyridine rings is 1. The molecule has 4 heteroatoms. The third-order valence-electron chi connectivity index (χ3n) is 2.33. The number of aliphatic hydroxyl groups is 1. The van der Waals surface area contributed by atoms with Crippen LogP contribution in [0.2, 0.25) is 0 Å². The molecule has 0 spiro atoms. The molecule has 17 heavy (non-hydrogen) atoms. The standard InChI is InChI=1S/C13H12N2O2/c16-9-10-5-1-2-6-11(10)15-13(17)12-7-3-4-8-14-12/h1-8,16H,9H2,(H,15,17). The van der Waals surface area contributed by atoms with E-state index in [9.17, 15) is 4.79 Å². The van der Waals surface area contributed by atoms with Gasteiger partial charge in [0, 0.05) is 17.4 Å². The molecule has 0 atom stereocenters. The van der Waals surface area contributed by atoms with Crippen LogP contribution in [0.5, 0.6) is 0 Å². The Morgan fingerprint density at radius 3 is 2.65 bits per heavy atom. The van der Waals surface area contributed by atoms with Crippen LogP contribution in [0.3, 0.4) is 0 Å². The number of rotatable bonds is 3. The van der Waals surface area contributed by atoms with Gasteiger partial charge in [0.05, 0.1) is 6.61 Å². The van der Waals surface area contributed by atoms with Gasteiger partial charge in [-0.15, -0.1) is 0 Å². The summed E-state index contributed by atoms with van der Waals surface area (Å²) in [6.45, 7) is -0.112. The van der Waals surface area contributed by atoms with E-state index in [1.807, 2.05) is 6.07 Å². The minimum atomic E-state index is -0.286. The molecule has 1 aromatic carbocycles. The highest BCUT2D eigenvalue weighted by atomic mass is 16.3. The third kappa shape index (κ3) is 2.68. The average molecular weight is 228 g/mol. The van der Waals surface area contributed by atoms with Crippen LogP contribution in [0.1, 0.15) is 16.1 Å². The van der Waals surface area contributed by atoms with Crippen molar-refractivity contribution in [2.24, 2.45) is 0 Å². The molecule has 0 fully saturated rings. The summed E-state index contributed by atoms with van der Waals surface area (Å²) in [6.07, 6.45) is 1.56. The molecule has 1 amide bonds. The molecule has 1 aromatic heterocycles. The Kier molecular flexibility index (Phi) is 3.47. The van der Waals surface area contributed by atoms with Crippen molar-refractivity contribution in [1.29, 1.82) is 0 Å². The zero-order chi connectivity index (χ0) is 12.1. The minimum absolute atomic E-state index is 0.112. The van der Waals surface area contributed by atoms with Gasteiger partial charge < -0.3 is 10.4 Å². The van der Waals surface area contributed by atoms with E-state index >= 15 is 0 Å². The lowest BCUT2D eigenvalue weighted by Crippen LogP contribution is -2.14. The number of anilines is 1. The first-order valence-electron chi connectivity index (χ1n) is 5.22. The summed E-state index contributed by atoms with van der Waals surface area (Å²) in [5, 5.41) is 11.9. The van der Waals surface area contributed by atoms with Crippen molar-refractivity contribution in [3.05, 3.63) is 59.9 Å². The second kappa shape index (κ2) is 5.23. The monoisotopic (exact) mass is 228 g/mol. The molecule has 1 heterocycles.